The number of Topliss-reactive ketones (excluding diaryl/α,β-unsaturated/α-hetero) is 1. The normalized spacial score (nSPS) is 10.4. The number of benzene rings is 1. The van der Waals surface area contributed by atoms with E-state index in [4.69, 9.17) is 9.68 Å². The van der Waals surface area contributed by atoms with Gasteiger partial charge in [0.15, 0.2) is 5.78 Å². The van der Waals surface area contributed by atoms with E-state index in [2.05, 4.69) is 0 Å². The van der Waals surface area contributed by atoms with Gasteiger partial charge in [-0.15, -0.1) is 0 Å². The van der Waals surface area contributed by atoms with Crippen LogP contribution in [0.5, 0.6) is 0 Å². The van der Waals surface area contributed by atoms with E-state index >= 15 is 0 Å². The maximum absolute atomic E-state index is 12.0. The van der Waals surface area contributed by atoms with Gasteiger partial charge in [0, 0.05) is 5.56 Å². The zero-order chi connectivity index (χ0) is 13.7. The van der Waals surface area contributed by atoms with Crippen molar-refractivity contribution >= 4 is 5.78 Å². The summed E-state index contributed by atoms with van der Waals surface area (Å²) in [5.41, 5.74) is 1.17. The van der Waals surface area contributed by atoms with Crippen molar-refractivity contribution < 1.29 is 9.21 Å². The van der Waals surface area contributed by atoms with Crippen LogP contribution in [0.2, 0.25) is 0 Å². The van der Waals surface area contributed by atoms with Crippen molar-refractivity contribution in [3.63, 3.8) is 0 Å². The number of carbonyl (C=O) groups excluding carboxylic acids is 1. The molecule has 1 heterocycles. The summed E-state index contributed by atoms with van der Waals surface area (Å²) in [5.74, 6) is 0.855. The summed E-state index contributed by atoms with van der Waals surface area (Å²) in [6, 6.07) is 12.4. The minimum Gasteiger partial charge on any atom is -0.468 e. The van der Waals surface area contributed by atoms with Gasteiger partial charge in [0.1, 0.15) is 5.76 Å². The lowest BCUT2D eigenvalue weighted by atomic mass is 10.1. The molecule has 4 heteroatoms. The number of hydrogen-bond acceptors (Lipinski definition) is 4. The molecule has 96 valence electrons. The van der Waals surface area contributed by atoms with Crippen molar-refractivity contribution in [2.75, 3.05) is 13.6 Å². The summed E-state index contributed by atoms with van der Waals surface area (Å²) >= 11 is 0. The van der Waals surface area contributed by atoms with Crippen LogP contribution in [0.1, 0.15) is 21.7 Å². The van der Waals surface area contributed by atoms with Gasteiger partial charge in [-0.2, -0.15) is 5.26 Å². The Kier molecular flexibility index (Phi) is 4.11. The number of furan rings is 1. The molecular weight excluding hydrogens is 240 g/mol. The van der Waals surface area contributed by atoms with Gasteiger partial charge in [-0.05, 0) is 31.3 Å². The molecule has 1 aromatic carbocycles. The van der Waals surface area contributed by atoms with Crippen molar-refractivity contribution in [3.05, 3.63) is 59.5 Å². The van der Waals surface area contributed by atoms with Gasteiger partial charge in [0.25, 0.3) is 0 Å². The Morgan fingerprint density at radius 2 is 2.05 bits per heavy atom. The number of likely N-dealkylation sites (N-methyl/N-ethyl adjacent to an activating group) is 1. The highest BCUT2D eigenvalue weighted by atomic mass is 16.3. The molecule has 2 rings (SSSR count). The molecule has 0 aliphatic heterocycles. The van der Waals surface area contributed by atoms with Crippen LogP contribution in [0.25, 0.3) is 0 Å². The third kappa shape index (κ3) is 3.54. The Labute approximate surface area is 111 Å². The zero-order valence-electron chi connectivity index (χ0n) is 10.7. The first kappa shape index (κ1) is 13.1. The van der Waals surface area contributed by atoms with E-state index < -0.39 is 0 Å². The maximum atomic E-state index is 12.0. The summed E-state index contributed by atoms with van der Waals surface area (Å²) in [7, 11) is 1.87. The highest BCUT2D eigenvalue weighted by Crippen LogP contribution is 2.07. The molecule has 0 saturated heterocycles. The summed E-state index contributed by atoms with van der Waals surface area (Å²) in [4.78, 5) is 13.9. The fraction of sp³-hybridized carbons (Fsp3) is 0.200. The van der Waals surface area contributed by atoms with E-state index in [0.29, 0.717) is 24.2 Å². The van der Waals surface area contributed by atoms with Gasteiger partial charge in [-0.1, -0.05) is 12.1 Å². The van der Waals surface area contributed by atoms with E-state index in [1.165, 1.54) is 0 Å². The molecular formula is C15H14N2O2. The Morgan fingerprint density at radius 1 is 1.32 bits per heavy atom. The highest BCUT2D eigenvalue weighted by molar-refractivity contribution is 5.97. The van der Waals surface area contributed by atoms with Gasteiger partial charge in [-0.25, -0.2) is 0 Å². The van der Waals surface area contributed by atoms with Gasteiger partial charge in [-0.3, -0.25) is 9.69 Å². The number of nitrogens with zero attached hydrogens (tertiary/aromatic N) is 2. The van der Waals surface area contributed by atoms with Crippen molar-refractivity contribution in [1.29, 1.82) is 5.26 Å². The molecule has 0 atom stereocenters. The van der Waals surface area contributed by atoms with Crippen LogP contribution in [-0.2, 0) is 6.54 Å². The average Bonchev–Trinajstić information content (AvgIpc) is 2.91. The van der Waals surface area contributed by atoms with E-state index in [0.717, 1.165) is 5.76 Å². The zero-order valence-corrected chi connectivity index (χ0v) is 10.7. The smallest absolute Gasteiger partial charge is 0.176 e. The van der Waals surface area contributed by atoms with Crippen LogP contribution in [0.15, 0.2) is 47.1 Å². The standard InChI is InChI=1S/C15H14N2O2/c1-17(10-14-3-2-8-19-14)11-15(18)13-6-4-12(9-16)5-7-13/h2-8H,10-11H2,1H3. The third-order valence-electron chi connectivity index (χ3n) is 2.76. The maximum Gasteiger partial charge on any atom is 0.176 e. The Bertz CT molecular complexity index is 580. The second-order valence-electron chi connectivity index (χ2n) is 4.36. The Balaban J connectivity index is 1.94. The van der Waals surface area contributed by atoms with Gasteiger partial charge < -0.3 is 4.42 Å². The van der Waals surface area contributed by atoms with Crippen LogP contribution < -0.4 is 0 Å². The summed E-state index contributed by atoms with van der Waals surface area (Å²) in [6.45, 7) is 0.904. The Hall–Kier alpha value is -2.38. The number of carbonyl (C=O) groups is 1. The molecule has 0 radical (unpaired) electrons. The fourth-order valence-corrected chi connectivity index (χ4v) is 1.79. The topological polar surface area (TPSA) is 57.2 Å². The van der Waals surface area contributed by atoms with Gasteiger partial charge >= 0.3 is 0 Å². The first-order valence-corrected chi connectivity index (χ1v) is 5.93. The average molecular weight is 254 g/mol. The molecule has 0 fully saturated rings. The monoisotopic (exact) mass is 254 g/mol. The summed E-state index contributed by atoms with van der Waals surface area (Å²) in [5, 5.41) is 8.70. The van der Waals surface area contributed by atoms with Gasteiger partial charge in [0.05, 0.1) is 31.0 Å². The molecule has 2 aromatic rings. The first-order chi connectivity index (χ1) is 9.19. The second kappa shape index (κ2) is 5.98. The Morgan fingerprint density at radius 3 is 2.63 bits per heavy atom. The van der Waals surface area contributed by atoms with E-state index in [1.807, 2.05) is 30.1 Å². The lowest BCUT2D eigenvalue weighted by Crippen LogP contribution is -2.25. The minimum atomic E-state index is 0.0264. The van der Waals surface area contributed by atoms with E-state index in [-0.39, 0.29) is 5.78 Å². The molecule has 0 aliphatic carbocycles. The predicted octanol–water partition coefficient (Wildman–Crippen LogP) is 2.47. The first-order valence-electron chi connectivity index (χ1n) is 5.93. The predicted molar refractivity (Wildman–Crippen MR) is 70.5 cm³/mol. The third-order valence-corrected chi connectivity index (χ3v) is 2.76. The van der Waals surface area contributed by atoms with Crippen molar-refractivity contribution in [3.8, 4) is 6.07 Å². The fourth-order valence-electron chi connectivity index (χ4n) is 1.79. The quantitative estimate of drug-likeness (QED) is 0.769. The molecule has 1 aromatic heterocycles. The van der Waals surface area contributed by atoms with E-state index in [9.17, 15) is 4.79 Å². The molecule has 0 bridgehead atoms. The molecule has 0 saturated carbocycles. The molecule has 4 nitrogen and oxygen atoms in total. The lowest BCUT2D eigenvalue weighted by molar-refractivity contribution is 0.0939. The molecule has 0 N–H and O–H groups in total. The minimum absolute atomic E-state index is 0.0264. The van der Waals surface area contributed by atoms with Crippen LogP contribution in [0.4, 0.5) is 0 Å². The van der Waals surface area contributed by atoms with Gasteiger partial charge in [0.2, 0.25) is 0 Å². The van der Waals surface area contributed by atoms with Crippen LogP contribution in [0, 0.1) is 11.3 Å². The number of nitriles is 1. The van der Waals surface area contributed by atoms with E-state index in [1.54, 1.807) is 30.5 Å². The van der Waals surface area contributed by atoms with Crippen molar-refractivity contribution in [1.82, 2.24) is 4.90 Å². The molecule has 0 spiro atoms. The molecule has 19 heavy (non-hydrogen) atoms. The molecule has 0 aliphatic rings. The highest BCUT2D eigenvalue weighted by Gasteiger charge is 2.10. The summed E-state index contributed by atoms with van der Waals surface area (Å²) < 4.78 is 5.23. The van der Waals surface area contributed by atoms with Crippen molar-refractivity contribution in [2.24, 2.45) is 0 Å². The lowest BCUT2D eigenvalue weighted by Gasteiger charge is -2.13. The number of rotatable bonds is 5. The summed E-state index contributed by atoms with van der Waals surface area (Å²) in [6.07, 6.45) is 1.62. The van der Waals surface area contributed by atoms with Crippen molar-refractivity contribution in [2.45, 2.75) is 6.54 Å². The molecule has 0 amide bonds. The SMILES string of the molecule is CN(CC(=O)c1ccc(C#N)cc1)Cc1ccco1. The largest absolute Gasteiger partial charge is 0.468 e. The second-order valence-corrected chi connectivity index (χ2v) is 4.36. The van der Waals surface area contributed by atoms with Crippen LogP contribution >= 0.6 is 0 Å². The number of ketones is 1. The number of hydrogen-bond donors (Lipinski definition) is 0. The molecule has 0 unspecified atom stereocenters. The van der Waals surface area contributed by atoms with Crippen LogP contribution in [0.3, 0.4) is 0 Å². The van der Waals surface area contributed by atoms with Crippen LogP contribution in [-0.4, -0.2) is 24.3 Å².